The number of carboxylic acid groups (broad SMARTS) is 1. The molecule has 0 spiro atoms. The number of carbonyl (C=O) groups is 2. The van der Waals surface area contributed by atoms with E-state index in [1.54, 1.807) is 0 Å². The smallest absolute Gasteiger partial charge is 0.471 e. The Bertz CT molecular complexity index is 476. The first-order chi connectivity index (χ1) is 8.23. The maximum atomic E-state index is 12.1. The molecule has 0 radical (unpaired) electrons. The van der Waals surface area contributed by atoms with Crippen LogP contribution in [0.1, 0.15) is 11.6 Å². The fraction of sp³-hybridized carbons (Fsp3) is 0.200. The van der Waals surface area contributed by atoms with Gasteiger partial charge in [0.1, 0.15) is 0 Å². The third-order valence-corrected chi connectivity index (χ3v) is 2.34. The van der Waals surface area contributed by atoms with Crippen molar-refractivity contribution in [3.05, 3.63) is 34.9 Å². The highest BCUT2D eigenvalue weighted by Gasteiger charge is 2.41. The quantitative estimate of drug-likeness (QED) is 0.892. The van der Waals surface area contributed by atoms with Crippen molar-refractivity contribution < 1.29 is 27.9 Å². The molecule has 4 nitrogen and oxygen atoms in total. The predicted molar refractivity (Wildman–Crippen MR) is 56.0 cm³/mol. The molecule has 1 atom stereocenters. The van der Waals surface area contributed by atoms with Gasteiger partial charge in [-0.1, -0.05) is 29.8 Å². The Labute approximate surface area is 104 Å². The fourth-order valence-electron chi connectivity index (χ4n) is 1.19. The second-order valence-corrected chi connectivity index (χ2v) is 3.67. The minimum Gasteiger partial charge on any atom is -0.479 e. The van der Waals surface area contributed by atoms with Gasteiger partial charge >= 0.3 is 18.1 Å². The number of hydrogen-bond donors (Lipinski definition) is 2. The third kappa shape index (κ3) is 3.36. The number of nitrogens with one attached hydrogen (secondary N) is 1. The van der Waals surface area contributed by atoms with E-state index < -0.39 is 24.1 Å². The van der Waals surface area contributed by atoms with E-state index in [0.717, 1.165) is 0 Å². The molecule has 98 valence electrons. The minimum atomic E-state index is -5.16. The van der Waals surface area contributed by atoms with Gasteiger partial charge in [-0.2, -0.15) is 13.2 Å². The normalized spacial score (nSPS) is 12.9. The lowest BCUT2D eigenvalue weighted by molar-refractivity contribution is -0.175. The van der Waals surface area contributed by atoms with Gasteiger partial charge in [0.2, 0.25) is 0 Å². The van der Waals surface area contributed by atoms with Crippen molar-refractivity contribution in [2.45, 2.75) is 12.2 Å². The molecule has 0 aliphatic heterocycles. The van der Waals surface area contributed by atoms with E-state index in [9.17, 15) is 22.8 Å². The topological polar surface area (TPSA) is 66.4 Å². The number of amides is 1. The van der Waals surface area contributed by atoms with Crippen molar-refractivity contribution in [1.29, 1.82) is 0 Å². The molecule has 1 aromatic rings. The molecule has 0 fully saturated rings. The van der Waals surface area contributed by atoms with Crippen LogP contribution in [0.25, 0.3) is 0 Å². The summed E-state index contributed by atoms with van der Waals surface area (Å²) in [6.45, 7) is 0. The Kier molecular flexibility index (Phi) is 4.18. The second-order valence-electron chi connectivity index (χ2n) is 3.26. The van der Waals surface area contributed by atoms with Crippen LogP contribution in [0.5, 0.6) is 0 Å². The molecule has 0 aliphatic rings. The summed E-state index contributed by atoms with van der Waals surface area (Å²) in [5, 5.41) is 10.1. The molecule has 0 saturated carbocycles. The number of benzene rings is 1. The molecule has 18 heavy (non-hydrogen) atoms. The molecule has 0 heterocycles. The van der Waals surface area contributed by atoms with Crippen molar-refractivity contribution in [2.75, 3.05) is 0 Å². The largest absolute Gasteiger partial charge is 0.479 e. The molecule has 1 rings (SSSR count). The van der Waals surface area contributed by atoms with Gasteiger partial charge in [0.05, 0.1) is 0 Å². The maximum Gasteiger partial charge on any atom is 0.471 e. The Morgan fingerprint density at radius 3 is 2.28 bits per heavy atom. The van der Waals surface area contributed by atoms with Crippen molar-refractivity contribution in [3.63, 3.8) is 0 Å². The molecule has 0 unspecified atom stereocenters. The number of alkyl halides is 3. The maximum absolute atomic E-state index is 12.1. The van der Waals surface area contributed by atoms with E-state index in [-0.39, 0.29) is 10.6 Å². The van der Waals surface area contributed by atoms with Gasteiger partial charge in [0.25, 0.3) is 0 Å². The van der Waals surface area contributed by atoms with Gasteiger partial charge in [0, 0.05) is 10.6 Å². The summed E-state index contributed by atoms with van der Waals surface area (Å²) >= 11 is 5.66. The zero-order chi connectivity index (χ0) is 13.9. The van der Waals surface area contributed by atoms with Gasteiger partial charge in [-0.05, 0) is 6.07 Å². The summed E-state index contributed by atoms with van der Waals surface area (Å²) in [6.07, 6.45) is -5.16. The molecule has 8 heteroatoms. The Morgan fingerprint density at radius 1 is 1.28 bits per heavy atom. The Morgan fingerprint density at radius 2 is 1.83 bits per heavy atom. The highest BCUT2D eigenvalue weighted by molar-refractivity contribution is 6.31. The lowest BCUT2D eigenvalue weighted by Crippen LogP contribution is -2.42. The van der Waals surface area contributed by atoms with Crippen LogP contribution in [0.15, 0.2) is 24.3 Å². The average molecular weight is 282 g/mol. The van der Waals surface area contributed by atoms with Crippen molar-refractivity contribution in [2.24, 2.45) is 0 Å². The average Bonchev–Trinajstić information content (AvgIpc) is 2.25. The van der Waals surface area contributed by atoms with E-state index in [2.05, 4.69) is 0 Å². The number of carbonyl (C=O) groups excluding carboxylic acids is 1. The number of halogens is 4. The molecule has 0 bridgehead atoms. The molecular weight excluding hydrogens is 275 g/mol. The third-order valence-electron chi connectivity index (χ3n) is 2.00. The summed E-state index contributed by atoms with van der Waals surface area (Å²) in [5.41, 5.74) is -0.121. The van der Waals surface area contributed by atoms with E-state index in [4.69, 9.17) is 16.7 Å². The first-order valence-electron chi connectivity index (χ1n) is 4.58. The highest BCUT2D eigenvalue weighted by Crippen LogP contribution is 2.24. The zero-order valence-electron chi connectivity index (χ0n) is 8.66. The van der Waals surface area contributed by atoms with Crippen LogP contribution >= 0.6 is 11.6 Å². The summed E-state index contributed by atoms with van der Waals surface area (Å²) in [5.74, 6) is -3.98. The Balaban J connectivity index is 3.03. The van der Waals surface area contributed by atoms with Crippen LogP contribution < -0.4 is 5.32 Å². The molecule has 1 amide bonds. The molecule has 1 aromatic carbocycles. The number of hydrogen-bond acceptors (Lipinski definition) is 2. The second kappa shape index (κ2) is 5.26. The molecular formula is C10H7ClF3NO3. The fourth-order valence-corrected chi connectivity index (χ4v) is 1.44. The van der Waals surface area contributed by atoms with Crippen LogP contribution in [0.2, 0.25) is 5.02 Å². The van der Waals surface area contributed by atoms with E-state index >= 15 is 0 Å². The lowest BCUT2D eigenvalue weighted by Gasteiger charge is -2.17. The summed E-state index contributed by atoms with van der Waals surface area (Å²) in [7, 11) is 0. The van der Waals surface area contributed by atoms with Crippen molar-refractivity contribution in [1.82, 2.24) is 5.32 Å². The standard InChI is InChI=1S/C10H7ClF3NO3/c11-6-4-2-1-3-5(6)7(8(16)17)15-9(18)10(12,13)14/h1-4,7H,(H,15,18)(H,16,17)/t7-/m1/s1. The monoisotopic (exact) mass is 281 g/mol. The predicted octanol–water partition coefficient (Wildman–Crippen LogP) is 2.14. The lowest BCUT2D eigenvalue weighted by atomic mass is 10.1. The number of carboxylic acids is 1. The van der Waals surface area contributed by atoms with E-state index in [1.807, 2.05) is 0 Å². The summed E-state index contributed by atoms with van der Waals surface area (Å²) < 4.78 is 36.2. The van der Waals surface area contributed by atoms with E-state index in [0.29, 0.717) is 0 Å². The van der Waals surface area contributed by atoms with Gasteiger partial charge in [-0.25, -0.2) is 4.79 Å². The van der Waals surface area contributed by atoms with Gasteiger partial charge in [-0.15, -0.1) is 0 Å². The molecule has 0 aliphatic carbocycles. The van der Waals surface area contributed by atoms with Gasteiger partial charge < -0.3 is 10.4 Å². The molecule has 0 aromatic heterocycles. The summed E-state index contributed by atoms with van der Waals surface area (Å²) in [4.78, 5) is 21.6. The highest BCUT2D eigenvalue weighted by atomic mass is 35.5. The van der Waals surface area contributed by atoms with Crippen LogP contribution in [0, 0.1) is 0 Å². The van der Waals surface area contributed by atoms with Crippen LogP contribution in [0.4, 0.5) is 13.2 Å². The van der Waals surface area contributed by atoms with Crippen LogP contribution in [-0.2, 0) is 9.59 Å². The SMILES string of the molecule is O=C(O)[C@H](NC(=O)C(F)(F)F)c1ccccc1Cl. The van der Waals surface area contributed by atoms with Crippen molar-refractivity contribution in [3.8, 4) is 0 Å². The number of rotatable bonds is 3. The minimum absolute atomic E-state index is 0.0487. The van der Waals surface area contributed by atoms with E-state index in [1.165, 1.54) is 29.6 Å². The van der Waals surface area contributed by atoms with Gasteiger partial charge in [-0.3, -0.25) is 4.79 Å². The van der Waals surface area contributed by atoms with Crippen molar-refractivity contribution >= 4 is 23.5 Å². The first kappa shape index (κ1) is 14.3. The Hall–Kier alpha value is -1.76. The molecule has 0 saturated heterocycles. The van der Waals surface area contributed by atoms with Crippen LogP contribution in [-0.4, -0.2) is 23.2 Å². The zero-order valence-corrected chi connectivity index (χ0v) is 9.42. The molecule has 2 N–H and O–H groups in total. The first-order valence-corrected chi connectivity index (χ1v) is 4.96. The number of aliphatic carboxylic acids is 1. The van der Waals surface area contributed by atoms with Crippen LogP contribution in [0.3, 0.4) is 0 Å². The van der Waals surface area contributed by atoms with Gasteiger partial charge in [0.15, 0.2) is 6.04 Å². The summed E-state index contributed by atoms with van der Waals surface area (Å²) in [6, 6.07) is 3.56.